The highest BCUT2D eigenvalue weighted by atomic mass is 32.1. The Kier molecular flexibility index (Phi) is 5.46. The summed E-state index contributed by atoms with van der Waals surface area (Å²) in [6.45, 7) is 11.2. The van der Waals surface area contributed by atoms with Crippen molar-refractivity contribution < 1.29 is 4.74 Å². The second-order valence-corrected chi connectivity index (χ2v) is 6.02. The van der Waals surface area contributed by atoms with E-state index in [0.717, 1.165) is 26.1 Å². The molecule has 2 nitrogen and oxygen atoms in total. The lowest BCUT2D eigenvalue weighted by Crippen LogP contribution is -2.28. The zero-order chi connectivity index (χ0) is 12.0. The molecule has 0 radical (unpaired) electrons. The third-order valence-corrected chi connectivity index (χ3v) is 3.72. The van der Waals surface area contributed by atoms with Crippen molar-refractivity contribution in [2.75, 3.05) is 13.2 Å². The fourth-order valence-electron chi connectivity index (χ4n) is 1.29. The molecule has 1 aromatic heterocycles. The molecule has 1 aromatic rings. The van der Waals surface area contributed by atoms with E-state index in [4.69, 9.17) is 4.74 Å². The van der Waals surface area contributed by atoms with Crippen LogP contribution in [0, 0.1) is 6.92 Å². The van der Waals surface area contributed by atoms with Crippen LogP contribution in [0.5, 0.6) is 0 Å². The van der Waals surface area contributed by atoms with Gasteiger partial charge in [0.15, 0.2) is 0 Å². The second kappa shape index (κ2) is 6.38. The molecule has 16 heavy (non-hydrogen) atoms. The molecule has 0 spiro atoms. The molecule has 1 rings (SSSR count). The molecule has 0 amide bonds. The Hall–Kier alpha value is -0.380. The Morgan fingerprint density at radius 2 is 2.12 bits per heavy atom. The molecule has 0 unspecified atom stereocenters. The lowest BCUT2D eigenvalue weighted by molar-refractivity contribution is -0.0180. The molecular weight excluding hydrogens is 218 g/mol. The summed E-state index contributed by atoms with van der Waals surface area (Å²) in [4.78, 5) is 2.77. The van der Waals surface area contributed by atoms with Crippen molar-refractivity contribution in [3.63, 3.8) is 0 Å². The molecule has 0 fully saturated rings. The van der Waals surface area contributed by atoms with Gasteiger partial charge in [-0.2, -0.15) is 0 Å². The summed E-state index contributed by atoms with van der Waals surface area (Å²) in [5.41, 5.74) is 0.0151. The van der Waals surface area contributed by atoms with Crippen LogP contribution in [0.1, 0.15) is 36.9 Å². The van der Waals surface area contributed by atoms with Gasteiger partial charge in [-0.3, -0.25) is 0 Å². The van der Waals surface area contributed by atoms with Gasteiger partial charge in [0.05, 0.1) is 12.2 Å². The van der Waals surface area contributed by atoms with Crippen molar-refractivity contribution in [2.45, 2.75) is 46.3 Å². The summed E-state index contributed by atoms with van der Waals surface area (Å²) in [5.74, 6) is 0. The largest absolute Gasteiger partial charge is 0.374 e. The molecule has 1 N–H and O–H groups in total. The van der Waals surface area contributed by atoms with E-state index in [-0.39, 0.29) is 5.60 Å². The summed E-state index contributed by atoms with van der Waals surface area (Å²) in [7, 11) is 0. The SMILES string of the molecule is CCC(C)(C)OCCNCc1ccc(C)s1. The van der Waals surface area contributed by atoms with Gasteiger partial charge in [-0.25, -0.2) is 0 Å². The smallest absolute Gasteiger partial charge is 0.0624 e. The highest BCUT2D eigenvalue weighted by Gasteiger charge is 2.14. The van der Waals surface area contributed by atoms with Gasteiger partial charge in [-0.1, -0.05) is 6.92 Å². The van der Waals surface area contributed by atoms with Crippen LogP contribution >= 0.6 is 11.3 Å². The molecule has 0 atom stereocenters. The minimum absolute atomic E-state index is 0.0151. The number of aryl methyl sites for hydroxylation is 1. The molecule has 0 aliphatic heterocycles. The van der Waals surface area contributed by atoms with Gasteiger partial charge < -0.3 is 10.1 Å². The van der Waals surface area contributed by atoms with Crippen molar-refractivity contribution in [1.29, 1.82) is 0 Å². The van der Waals surface area contributed by atoms with E-state index in [1.807, 2.05) is 11.3 Å². The van der Waals surface area contributed by atoms with Crippen LogP contribution in [0.4, 0.5) is 0 Å². The summed E-state index contributed by atoms with van der Waals surface area (Å²) < 4.78 is 5.76. The zero-order valence-electron chi connectivity index (χ0n) is 10.8. The van der Waals surface area contributed by atoms with Crippen LogP contribution in [0.3, 0.4) is 0 Å². The van der Waals surface area contributed by atoms with Crippen LogP contribution in [-0.4, -0.2) is 18.8 Å². The molecule has 0 aliphatic carbocycles. The normalized spacial score (nSPS) is 12.0. The quantitative estimate of drug-likeness (QED) is 0.739. The van der Waals surface area contributed by atoms with Gasteiger partial charge in [-0.15, -0.1) is 11.3 Å². The molecule has 0 saturated carbocycles. The summed E-state index contributed by atoms with van der Waals surface area (Å²) >= 11 is 1.85. The van der Waals surface area contributed by atoms with E-state index >= 15 is 0 Å². The van der Waals surface area contributed by atoms with Crippen molar-refractivity contribution in [3.8, 4) is 0 Å². The van der Waals surface area contributed by atoms with E-state index < -0.39 is 0 Å². The fourth-order valence-corrected chi connectivity index (χ4v) is 2.15. The predicted octanol–water partition coefficient (Wildman–Crippen LogP) is 3.35. The third kappa shape index (κ3) is 5.10. The van der Waals surface area contributed by atoms with Crippen molar-refractivity contribution in [1.82, 2.24) is 5.32 Å². The summed E-state index contributed by atoms with van der Waals surface area (Å²) in [6.07, 6.45) is 1.05. The highest BCUT2D eigenvalue weighted by molar-refractivity contribution is 7.11. The van der Waals surface area contributed by atoms with Crippen LogP contribution in [0.15, 0.2) is 12.1 Å². The predicted molar refractivity (Wildman–Crippen MR) is 71.1 cm³/mol. The van der Waals surface area contributed by atoms with E-state index in [1.54, 1.807) is 0 Å². The first-order valence-corrected chi connectivity index (χ1v) is 6.75. The Labute approximate surface area is 103 Å². The number of hydrogen-bond acceptors (Lipinski definition) is 3. The Morgan fingerprint density at radius 1 is 1.38 bits per heavy atom. The zero-order valence-corrected chi connectivity index (χ0v) is 11.6. The standard InChI is InChI=1S/C13H23NOS/c1-5-13(3,4)15-9-8-14-10-12-7-6-11(2)16-12/h6-7,14H,5,8-10H2,1-4H3. The monoisotopic (exact) mass is 241 g/mol. The van der Waals surface area contributed by atoms with E-state index in [9.17, 15) is 0 Å². The first-order chi connectivity index (χ1) is 7.53. The van der Waals surface area contributed by atoms with Crippen LogP contribution in [0.2, 0.25) is 0 Å². The number of ether oxygens (including phenoxy) is 1. The van der Waals surface area contributed by atoms with Gasteiger partial charge in [0.1, 0.15) is 0 Å². The van der Waals surface area contributed by atoms with Gasteiger partial charge in [0, 0.05) is 22.8 Å². The Bertz CT molecular complexity index is 307. The van der Waals surface area contributed by atoms with Crippen LogP contribution in [-0.2, 0) is 11.3 Å². The molecule has 0 saturated heterocycles. The third-order valence-electron chi connectivity index (χ3n) is 2.72. The van der Waals surface area contributed by atoms with Crippen molar-refractivity contribution in [3.05, 3.63) is 21.9 Å². The lowest BCUT2D eigenvalue weighted by Gasteiger charge is -2.23. The van der Waals surface area contributed by atoms with Crippen LogP contribution < -0.4 is 5.32 Å². The molecule has 1 heterocycles. The van der Waals surface area contributed by atoms with Crippen LogP contribution in [0.25, 0.3) is 0 Å². The van der Waals surface area contributed by atoms with Crippen molar-refractivity contribution in [2.24, 2.45) is 0 Å². The summed E-state index contributed by atoms with van der Waals surface area (Å²) in [6, 6.07) is 4.35. The molecule has 0 bridgehead atoms. The van der Waals surface area contributed by atoms with E-state index in [2.05, 4.69) is 45.1 Å². The van der Waals surface area contributed by atoms with E-state index in [1.165, 1.54) is 9.75 Å². The van der Waals surface area contributed by atoms with Gasteiger partial charge in [0.25, 0.3) is 0 Å². The Morgan fingerprint density at radius 3 is 2.69 bits per heavy atom. The first kappa shape index (κ1) is 13.7. The minimum Gasteiger partial charge on any atom is -0.374 e. The number of nitrogens with one attached hydrogen (secondary N) is 1. The number of thiophene rings is 1. The molecule has 0 aromatic carbocycles. The average Bonchev–Trinajstić information content (AvgIpc) is 2.64. The molecular formula is C13H23NOS. The highest BCUT2D eigenvalue weighted by Crippen LogP contribution is 2.14. The molecule has 3 heteroatoms. The van der Waals surface area contributed by atoms with E-state index in [0.29, 0.717) is 0 Å². The molecule has 92 valence electrons. The topological polar surface area (TPSA) is 21.3 Å². The van der Waals surface area contributed by atoms with Gasteiger partial charge in [-0.05, 0) is 39.3 Å². The average molecular weight is 241 g/mol. The van der Waals surface area contributed by atoms with Crippen molar-refractivity contribution >= 4 is 11.3 Å². The van der Waals surface area contributed by atoms with Gasteiger partial charge in [0.2, 0.25) is 0 Å². The van der Waals surface area contributed by atoms with Gasteiger partial charge >= 0.3 is 0 Å². The number of hydrogen-bond donors (Lipinski definition) is 1. The molecule has 0 aliphatic rings. The second-order valence-electron chi connectivity index (χ2n) is 4.65. The maximum Gasteiger partial charge on any atom is 0.0624 e. The Balaban J connectivity index is 2.08. The maximum atomic E-state index is 5.76. The maximum absolute atomic E-state index is 5.76. The first-order valence-electron chi connectivity index (χ1n) is 5.93. The summed E-state index contributed by atoms with van der Waals surface area (Å²) in [5, 5.41) is 3.40. The lowest BCUT2D eigenvalue weighted by atomic mass is 10.1. The number of rotatable bonds is 7. The minimum atomic E-state index is 0.0151. The fraction of sp³-hybridized carbons (Fsp3) is 0.692.